The predicted molar refractivity (Wildman–Crippen MR) is 46.9 cm³/mol. The second kappa shape index (κ2) is 3.75. The Balaban J connectivity index is 2.09. The van der Waals surface area contributed by atoms with E-state index in [0.717, 1.165) is 31.5 Å². The van der Waals surface area contributed by atoms with Crippen molar-refractivity contribution in [2.24, 2.45) is 0 Å². The average molecular weight is 180 g/mol. The van der Waals surface area contributed by atoms with Crippen LogP contribution in [0.3, 0.4) is 0 Å². The van der Waals surface area contributed by atoms with E-state index in [1.165, 1.54) is 0 Å². The van der Waals surface area contributed by atoms with E-state index in [1.54, 1.807) is 6.07 Å². The van der Waals surface area contributed by atoms with E-state index in [2.05, 4.69) is 0 Å². The molecule has 0 bridgehead atoms. The molecule has 3 heteroatoms. The van der Waals surface area contributed by atoms with Crippen LogP contribution in [-0.4, -0.2) is 19.5 Å². The van der Waals surface area contributed by atoms with E-state index in [-0.39, 0.29) is 0 Å². The lowest BCUT2D eigenvalue weighted by molar-refractivity contribution is 0.0736. The van der Waals surface area contributed by atoms with E-state index < -0.39 is 0 Å². The van der Waals surface area contributed by atoms with Gasteiger partial charge >= 0.3 is 0 Å². The summed E-state index contributed by atoms with van der Waals surface area (Å²) < 4.78 is 10.7. The molecule has 0 aliphatic carbocycles. The van der Waals surface area contributed by atoms with Crippen molar-refractivity contribution in [1.29, 1.82) is 0 Å². The van der Waals surface area contributed by atoms with Crippen molar-refractivity contribution in [1.82, 2.24) is 0 Å². The summed E-state index contributed by atoms with van der Waals surface area (Å²) in [5.41, 5.74) is 0. The van der Waals surface area contributed by atoms with Crippen molar-refractivity contribution in [2.45, 2.75) is 18.8 Å². The highest BCUT2D eigenvalue weighted by atomic mass is 16.5. The Bertz CT molecular complexity index is 284. The topological polar surface area (TPSA) is 39.4 Å². The van der Waals surface area contributed by atoms with Crippen LogP contribution in [0.1, 0.15) is 35.1 Å². The molecule has 1 aliphatic heterocycles. The van der Waals surface area contributed by atoms with E-state index in [4.69, 9.17) is 9.15 Å². The van der Waals surface area contributed by atoms with Crippen molar-refractivity contribution in [2.75, 3.05) is 13.2 Å². The Kier molecular flexibility index (Phi) is 2.45. The molecule has 13 heavy (non-hydrogen) atoms. The first kappa shape index (κ1) is 8.51. The van der Waals surface area contributed by atoms with Gasteiger partial charge in [-0.25, -0.2) is 0 Å². The molecule has 2 rings (SSSR count). The van der Waals surface area contributed by atoms with Gasteiger partial charge in [0.05, 0.1) is 6.61 Å². The fourth-order valence-corrected chi connectivity index (χ4v) is 1.62. The van der Waals surface area contributed by atoms with Gasteiger partial charge in [-0.3, -0.25) is 4.79 Å². The Morgan fingerprint density at radius 2 is 2.38 bits per heavy atom. The number of furan rings is 1. The Hall–Kier alpha value is -1.09. The van der Waals surface area contributed by atoms with Crippen LogP contribution in [0.5, 0.6) is 0 Å². The van der Waals surface area contributed by atoms with Crippen LogP contribution in [0.25, 0.3) is 0 Å². The summed E-state index contributed by atoms with van der Waals surface area (Å²) in [5.74, 6) is 1.62. The molecule has 1 saturated heterocycles. The van der Waals surface area contributed by atoms with Gasteiger partial charge in [-0.2, -0.15) is 0 Å². The van der Waals surface area contributed by atoms with Crippen LogP contribution in [0.15, 0.2) is 16.5 Å². The second-order valence-corrected chi connectivity index (χ2v) is 3.27. The third-order valence-corrected chi connectivity index (χ3v) is 2.33. The van der Waals surface area contributed by atoms with Crippen molar-refractivity contribution in [3.05, 3.63) is 23.7 Å². The number of carbonyl (C=O) groups excluding carboxylic acids is 1. The fourth-order valence-electron chi connectivity index (χ4n) is 1.62. The van der Waals surface area contributed by atoms with Crippen LogP contribution < -0.4 is 0 Å². The Morgan fingerprint density at radius 3 is 3.00 bits per heavy atom. The quantitative estimate of drug-likeness (QED) is 0.653. The number of aldehydes is 1. The maximum atomic E-state index is 10.4. The van der Waals surface area contributed by atoms with Gasteiger partial charge in [-0.1, -0.05) is 0 Å². The highest BCUT2D eigenvalue weighted by Gasteiger charge is 2.18. The van der Waals surface area contributed by atoms with Crippen LogP contribution in [-0.2, 0) is 4.74 Å². The van der Waals surface area contributed by atoms with Crippen LogP contribution >= 0.6 is 0 Å². The molecule has 0 amide bonds. The smallest absolute Gasteiger partial charge is 0.185 e. The van der Waals surface area contributed by atoms with Gasteiger partial charge in [0, 0.05) is 12.5 Å². The second-order valence-electron chi connectivity index (χ2n) is 3.27. The molecule has 1 aliphatic rings. The van der Waals surface area contributed by atoms with Crippen molar-refractivity contribution in [3.8, 4) is 0 Å². The van der Waals surface area contributed by atoms with Crippen LogP contribution in [0, 0.1) is 0 Å². The van der Waals surface area contributed by atoms with Crippen LogP contribution in [0.2, 0.25) is 0 Å². The minimum Gasteiger partial charge on any atom is -0.458 e. The maximum absolute atomic E-state index is 10.4. The zero-order chi connectivity index (χ0) is 9.10. The minimum absolute atomic E-state index is 0.336. The van der Waals surface area contributed by atoms with Gasteiger partial charge in [0.2, 0.25) is 0 Å². The summed E-state index contributed by atoms with van der Waals surface area (Å²) in [5, 5.41) is 0. The van der Waals surface area contributed by atoms with E-state index in [0.29, 0.717) is 18.3 Å². The zero-order valence-corrected chi connectivity index (χ0v) is 7.36. The molecule has 1 atom stereocenters. The van der Waals surface area contributed by atoms with Crippen LogP contribution in [0.4, 0.5) is 0 Å². The highest BCUT2D eigenvalue weighted by Crippen LogP contribution is 2.26. The Morgan fingerprint density at radius 1 is 1.46 bits per heavy atom. The van der Waals surface area contributed by atoms with Gasteiger partial charge in [-0.15, -0.1) is 0 Å². The molecule has 1 fully saturated rings. The molecule has 70 valence electrons. The van der Waals surface area contributed by atoms with Gasteiger partial charge < -0.3 is 9.15 Å². The fraction of sp³-hybridized carbons (Fsp3) is 0.500. The summed E-state index contributed by atoms with van der Waals surface area (Å²) >= 11 is 0. The number of carbonyl (C=O) groups is 1. The normalized spacial score (nSPS) is 22.9. The first-order chi connectivity index (χ1) is 6.40. The first-order valence-electron chi connectivity index (χ1n) is 4.53. The molecular formula is C10H12O3. The summed E-state index contributed by atoms with van der Waals surface area (Å²) in [6, 6.07) is 3.57. The Labute approximate surface area is 76.7 Å². The van der Waals surface area contributed by atoms with Crippen molar-refractivity contribution < 1.29 is 13.9 Å². The lowest BCUT2D eigenvalue weighted by atomic mass is 10.00. The molecule has 1 aromatic heterocycles. The summed E-state index contributed by atoms with van der Waals surface area (Å²) in [6.45, 7) is 1.56. The standard InChI is InChI=1S/C10H12O3/c11-6-9-3-4-10(13-9)8-2-1-5-12-7-8/h3-4,6,8H,1-2,5,7H2. The average Bonchev–Trinajstić information content (AvgIpc) is 2.67. The minimum atomic E-state index is 0.336. The molecule has 3 nitrogen and oxygen atoms in total. The van der Waals surface area contributed by atoms with Gasteiger partial charge in [0.1, 0.15) is 5.76 Å². The van der Waals surface area contributed by atoms with Crippen molar-refractivity contribution in [3.63, 3.8) is 0 Å². The largest absolute Gasteiger partial charge is 0.458 e. The molecule has 1 unspecified atom stereocenters. The van der Waals surface area contributed by atoms with Gasteiger partial charge in [-0.05, 0) is 25.0 Å². The summed E-state index contributed by atoms with van der Waals surface area (Å²) in [6.07, 6.45) is 2.89. The predicted octanol–water partition coefficient (Wildman–Crippen LogP) is 1.99. The number of rotatable bonds is 2. The summed E-state index contributed by atoms with van der Waals surface area (Å²) in [7, 11) is 0. The van der Waals surface area contributed by atoms with E-state index in [1.807, 2.05) is 6.07 Å². The molecule has 0 spiro atoms. The van der Waals surface area contributed by atoms with Crippen molar-refractivity contribution >= 4 is 6.29 Å². The number of hydrogen-bond acceptors (Lipinski definition) is 3. The van der Waals surface area contributed by atoms with Gasteiger partial charge in [0.25, 0.3) is 0 Å². The monoisotopic (exact) mass is 180 g/mol. The zero-order valence-electron chi connectivity index (χ0n) is 7.36. The number of hydrogen-bond donors (Lipinski definition) is 0. The third-order valence-electron chi connectivity index (χ3n) is 2.33. The lowest BCUT2D eigenvalue weighted by Gasteiger charge is -2.19. The molecule has 0 aromatic carbocycles. The lowest BCUT2D eigenvalue weighted by Crippen LogP contribution is -2.14. The van der Waals surface area contributed by atoms with E-state index in [9.17, 15) is 4.79 Å². The molecule has 1 aromatic rings. The van der Waals surface area contributed by atoms with Gasteiger partial charge in [0.15, 0.2) is 12.0 Å². The molecule has 0 saturated carbocycles. The molecule has 0 N–H and O–H groups in total. The first-order valence-corrected chi connectivity index (χ1v) is 4.53. The highest BCUT2D eigenvalue weighted by molar-refractivity contribution is 5.70. The molecule has 2 heterocycles. The summed E-state index contributed by atoms with van der Waals surface area (Å²) in [4.78, 5) is 10.4. The number of ether oxygens (including phenoxy) is 1. The molecular weight excluding hydrogens is 168 g/mol. The molecule has 0 radical (unpaired) electrons. The SMILES string of the molecule is O=Cc1ccc(C2CCCOC2)o1. The maximum Gasteiger partial charge on any atom is 0.185 e. The third kappa shape index (κ3) is 1.80. The van der Waals surface area contributed by atoms with E-state index >= 15 is 0 Å².